The lowest BCUT2D eigenvalue weighted by Gasteiger charge is -2.30. The molecule has 0 spiro atoms. The normalized spacial score (nSPS) is 15.4. The van der Waals surface area contributed by atoms with E-state index >= 15 is 0 Å². The third-order valence-electron chi connectivity index (χ3n) is 2.79. The van der Waals surface area contributed by atoms with Crippen LogP contribution in [0.4, 0.5) is 0 Å². The molecule has 0 aromatic rings. The summed E-state index contributed by atoms with van der Waals surface area (Å²) in [6.07, 6.45) is 0.947. The molecule has 0 aliphatic rings. The highest BCUT2D eigenvalue weighted by atomic mass is 16.2. The average Bonchev–Trinajstić information content (AvgIpc) is 2.15. The van der Waals surface area contributed by atoms with Crippen LogP contribution in [-0.4, -0.2) is 29.4 Å². The Kier molecular flexibility index (Phi) is 5.77. The van der Waals surface area contributed by atoms with Crippen LogP contribution in [0.2, 0.25) is 0 Å². The van der Waals surface area contributed by atoms with E-state index in [0.29, 0.717) is 0 Å². The first kappa shape index (κ1) is 13.4. The quantitative estimate of drug-likeness (QED) is 0.733. The summed E-state index contributed by atoms with van der Waals surface area (Å²) < 4.78 is 0. The zero-order valence-corrected chi connectivity index (χ0v) is 10.1. The predicted molar refractivity (Wildman–Crippen MR) is 60.0 cm³/mol. The third kappa shape index (κ3) is 3.29. The summed E-state index contributed by atoms with van der Waals surface area (Å²) in [5, 5.41) is 0. The first-order valence-electron chi connectivity index (χ1n) is 5.51. The fraction of sp³-hybridized carbons (Fsp3) is 0.909. The number of nitrogens with two attached hydrogens (primary N) is 1. The van der Waals surface area contributed by atoms with Crippen molar-refractivity contribution in [2.75, 3.05) is 6.54 Å². The predicted octanol–water partition coefficient (Wildman–Crippen LogP) is 1.62. The molecule has 0 radical (unpaired) electrons. The lowest BCUT2D eigenvalue weighted by molar-refractivity contribution is -0.135. The summed E-state index contributed by atoms with van der Waals surface area (Å²) in [6.45, 7) is 10.8. The number of nitrogens with zero attached hydrogens (tertiary/aromatic N) is 1. The molecule has 0 aromatic carbocycles. The van der Waals surface area contributed by atoms with Gasteiger partial charge in [-0.2, -0.15) is 0 Å². The van der Waals surface area contributed by atoms with Crippen molar-refractivity contribution in [2.45, 2.75) is 53.1 Å². The van der Waals surface area contributed by atoms with Crippen molar-refractivity contribution in [2.24, 2.45) is 11.7 Å². The zero-order chi connectivity index (χ0) is 11.3. The molecular formula is C11H24N2O. The van der Waals surface area contributed by atoms with Gasteiger partial charge in [0.1, 0.15) is 0 Å². The highest BCUT2D eigenvalue weighted by molar-refractivity contribution is 5.82. The van der Waals surface area contributed by atoms with Gasteiger partial charge in [-0.15, -0.1) is 0 Å². The molecule has 2 atom stereocenters. The average molecular weight is 200 g/mol. The van der Waals surface area contributed by atoms with E-state index < -0.39 is 0 Å². The van der Waals surface area contributed by atoms with E-state index in [-0.39, 0.29) is 23.9 Å². The molecule has 2 N–H and O–H groups in total. The largest absolute Gasteiger partial charge is 0.339 e. The Hall–Kier alpha value is -0.570. The molecule has 84 valence electrons. The maximum Gasteiger partial charge on any atom is 0.239 e. The van der Waals surface area contributed by atoms with Gasteiger partial charge >= 0.3 is 0 Å². The Morgan fingerprint density at radius 3 is 2.07 bits per heavy atom. The van der Waals surface area contributed by atoms with Crippen LogP contribution in [0.15, 0.2) is 0 Å². The summed E-state index contributed by atoms with van der Waals surface area (Å²) in [4.78, 5) is 13.7. The van der Waals surface area contributed by atoms with Crippen molar-refractivity contribution in [3.8, 4) is 0 Å². The van der Waals surface area contributed by atoms with Gasteiger partial charge in [0.25, 0.3) is 0 Å². The number of carbonyl (C=O) groups excluding carboxylic acids is 1. The molecule has 2 unspecified atom stereocenters. The van der Waals surface area contributed by atoms with Gasteiger partial charge in [-0.05, 0) is 26.7 Å². The number of amides is 1. The first-order chi connectivity index (χ1) is 6.45. The molecule has 3 nitrogen and oxygen atoms in total. The maximum absolute atomic E-state index is 11.9. The van der Waals surface area contributed by atoms with Crippen molar-refractivity contribution < 1.29 is 4.79 Å². The fourth-order valence-electron chi connectivity index (χ4n) is 1.46. The minimum atomic E-state index is -0.345. The van der Waals surface area contributed by atoms with E-state index in [1.807, 2.05) is 32.6 Å². The van der Waals surface area contributed by atoms with Gasteiger partial charge in [0, 0.05) is 12.6 Å². The molecule has 0 bridgehead atoms. The lowest BCUT2D eigenvalue weighted by Crippen LogP contribution is -2.49. The molecule has 0 rings (SSSR count). The molecular weight excluding hydrogens is 176 g/mol. The van der Waals surface area contributed by atoms with Gasteiger partial charge in [-0.3, -0.25) is 4.79 Å². The van der Waals surface area contributed by atoms with Crippen LogP contribution < -0.4 is 5.73 Å². The highest BCUT2D eigenvalue weighted by Crippen LogP contribution is 2.10. The Morgan fingerprint density at radius 1 is 1.29 bits per heavy atom. The molecule has 14 heavy (non-hydrogen) atoms. The summed E-state index contributed by atoms with van der Waals surface area (Å²) in [6, 6.07) is -0.107. The molecule has 0 saturated carbocycles. The van der Waals surface area contributed by atoms with E-state index in [1.54, 1.807) is 0 Å². The molecule has 0 heterocycles. The number of hydrogen-bond donors (Lipinski definition) is 1. The van der Waals surface area contributed by atoms with Crippen LogP contribution in [0.25, 0.3) is 0 Å². The zero-order valence-electron chi connectivity index (χ0n) is 10.1. The molecule has 0 aliphatic carbocycles. The minimum Gasteiger partial charge on any atom is -0.339 e. The number of likely N-dealkylation sites (N-methyl/N-ethyl adjacent to an activating group) is 1. The third-order valence-corrected chi connectivity index (χ3v) is 2.79. The highest BCUT2D eigenvalue weighted by Gasteiger charge is 2.25. The van der Waals surface area contributed by atoms with Gasteiger partial charge in [0.2, 0.25) is 5.91 Å². The van der Waals surface area contributed by atoms with Crippen LogP contribution in [0.5, 0.6) is 0 Å². The summed E-state index contributed by atoms with van der Waals surface area (Å²) in [5.74, 6) is 0.340. The van der Waals surface area contributed by atoms with Gasteiger partial charge in [-0.1, -0.05) is 20.3 Å². The van der Waals surface area contributed by atoms with Gasteiger partial charge in [0.15, 0.2) is 0 Å². The Bertz CT molecular complexity index is 180. The minimum absolute atomic E-state index is 0.0804. The Morgan fingerprint density at radius 2 is 1.79 bits per heavy atom. The van der Waals surface area contributed by atoms with Crippen molar-refractivity contribution in [3.05, 3.63) is 0 Å². The molecule has 0 fully saturated rings. The van der Waals surface area contributed by atoms with Crippen molar-refractivity contribution in [3.63, 3.8) is 0 Å². The van der Waals surface area contributed by atoms with E-state index in [2.05, 4.69) is 6.92 Å². The molecule has 1 amide bonds. The summed E-state index contributed by atoms with van der Waals surface area (Å²) in [7, 11) is 0. The Balaban J connectivity index is 4.42. The molecule has 3 heteroatoms. The molecule has 0 aliphatic heterocycles. The first-order valence-corrected chi connectivity index (χ1v) is 5.51. The van der Waals surface area contributed by atoms with E-state index in [1.165, 1.54) is 0 Å². The van der Waals surface area contributed by atoms with Gasteiger partial charge < -0.3 is 10.6 Å². The van der Waals surface area contributed by atoms with Crippen LogP contribution in [0.3, 0.4) is 0 Å². The molecule has 0 saturated heterocycles. The second-order valence-corrected chi connectivity index (χ2v) is 4.13. The van der Waals surface area contributed by atoms with Gasteiger partial charge in [0.05, 0.1) is 6.04 Å². The smallest absolute Gasteiger partial charge is 0.239 e. The standard InChI is InChI=1S/C11H24N2O/c1-6-9(5)10(12)11(14)13(7-2)8(3)4/h8-10H,6-7,12H2,1-5H3. The van der Waals surface area contributed by atoms with Crippen molar-refractivity contribution in [1.82, 2.24) is 4.90 Å². The maximum atomic E-state index is 11.9. The second kappa shape index (κ2) is 6.02. The topological polar surface area (TPSA) is 46.3 Å². The van der Waals surface area contributed by atoms with Crippen LogP contribution in [0, 0.1) is 5.92 Å². The summed E-state index contributed by atoms with van der Waals surface area (Å²) in [5.41, 5.74) is 5.89. The van der Waals surface area contributed by atoms with Crippen LogP contribution >= 0.6 is 0 Å². The fourth-order valence-corrected chi connectivity index (χ4v) is 1.46. The SMILES string of the molecule is CCC(C)C(N)C(=O)N(CC)C(C)C. The molecule has 0 aromatic heterocycles. The van der Waals surface area contributed by atoms with Crippen LogP contribution in [0.1, 0.15) is 41.0 Å². The van der Waals surface area contributed by atoms with Crippen molar-refractivity contribution in [1.29, 1.82) is 0 Å². The van der Waals surface area contributed by atoms with Crippen molar-refractivity contribution >= 4 is 5.91 Å². The Labute approximate surface area is 87.6 Å². The second-order valence-electron chi connectivity index (χ2n) is 4.13. The monoisotopic (exact) mass is 200 g/mol. The van der Waals surface area contributed by atoms with Gasteiger partial charge in [-0.25, -0.2) is 0 Å². The van der Waals surface area contributed by atoms with E-state index in [0.717, 1.165) is 13.0 Å². The number of hydrogen-bond acceptors (Lipinski definition) is 2. The lowest BCUT2D eigenvalue weighted by atomic mass is 9.98. The van der Waals surface area contributed by atoms with E-state index in [9.17, 15) is 4.79 Å². The summed E-state index contributed by atoms with van der Waals surface area (Å²) >= 11 is 0. The van der Waals surface area contributed by atoms with Crippen LogP contribution in [-0.2, 0) is 4.79 Å². The van der Waals surface area contributed by atoms with E-state index in [4.69, 9.17) is 5.73 Å². The number of rotatable bonds is 5. The number of carbonyl (C=O) groups is 1.